The predicted octanol–water partition coefficient (Wildman–Crippen LogP) is 4.12. The van der Waals surface area contributed by atoms with Crippen LogP contribution in [-0.4, -0.2) is 36.3 Å². The Balaban J connectivity index is 1.99. The van der Waals surface area contributed by atoms with Crippen molar-refractivity contribution >= 4 is 39.3 Å². The molecule has 0 bridgehead atoms. The molecule has 1 aliphatic heterocycles. The van der Waals surface area contributed by atoms with Crippen LogP contribution < -0.4 is 5.32 Å². The van der Waals surface area contributed by atoms with Crippen molar-refractivity contribution in [2.24, 2.45) is 11.3 Å². The maximum Gasteiger partial charge on any atom is 0.255 e. The maximum atomic E-state index is 12.8. The summed E-state index contributed by atoms with van der Waals surface area (Å²) in [6, 6.07) is 5.24. The van der Waals surface area contributed by atoms with Crippen molar-refractivity contribution in [3.05, 3.63) is 33.3 Å². The van der Waals surface area contributed by atoms with Gasteiger partial charge in [-0.2, -0.15) is 0 Å². The van der Waals surface area contributed by atoms with Crippen molar-refractivity contribution in [2.45, 2.75) is 33.6 Å². The predicted molar refractivity (Wildman–Crippen MR) is 100 cm³/mol. The first-order chi connectivity index (χ1) is 11.2. The van der Waals surface area contributed by atoms with E-state index < -0.39 is 5.41 Å². The van der Waals surface area contributed by atoms with Crippen LogP contribution in [0, 0.1) is 11.3 Å². The van der Waals surface area contributed by atoms with E-state index in [2.05, 4.69) is 21.2 Å². The summed E-state index contributed by atoms with van der Waals surface area (Å²) >= 11 is 9.44. The fraction of sp³-hybridized carbons (Fsp3) is 0.556. The van der Waals surface area contributed by atoms with E-state index >= 15 is 0 Å². The molecule has 6 heteroatoms. The number of nitrogens with zero attached hydrogens (tertiary/aromatic N) is 1. The van der Waals surface area contributed by atoms with E-state index in [1.54, 1.807) is 18.2 Å². The number of rotatable bonds is 3. The molecule has 2 rings (SSSR count). The summed E-state index contributed by atoms with van der Waals surface area (Å²) in [5.74, 6) is 0.312. The standard InChI is InChI=1S/C18H24BrClN2O2/c1-18(2,3)17(24)21-10-12-5-4-8-22(11-12)16(23)14-9-13(20)6-7-15(14)19/h6-7,9,12H,4-5,8,10-11H2,1-3H3,(H,21,24). The molecule has 1 unspecified atom stereocenters. The topological polar surface area (TPSA) is 49.4 Å². The molecule has 2 amide bonds. The average molecular weight is 416 g/mol. The lowest BCUT2D eigenvalue weighted by Gasteiger charge is -2.33. The van der Waals surface area contributed by atoms with E-state index in [0.717, 1.165) is 23.9 Å². The molecule has 24 heavy (non-hydrogen) atoms. The van der Waals surface area contributed by atoms with Crippen LogP contribution >= 0.6 is 27.5 Å². The van der Waals surface area contributed by atoms with Crippen molar-refractivity contribution in [2.75, 3.05) is 19.6 Å². The van der Waals surface area contributed by atoms with E-state index in [4.69, 9.17) is 11.6 Å². The molecule has 0 radical (unpaired) electrons. The van der Waals surface area contributed by atoms with Gasteiger partial charge in [0.05, 0.1) is 5.56 Å². The molecule has 0 aliphatic carbocycles. The van der Waals surface area contributed by atoms with Gasteiger partial charge in [-0.05, 0) is 52.9 Å². The number of nitrogens with one attached hydrogen (secondary N) is 1. The zero-order chi connectivity index (χ0) is 17.9. The molecule has 1 aromatic carbocycles. The number of hydrogen-bond donors (Lipinski definition) is 1. The van der Waals surface area contributed by atoms with Crippen LogP contribution in [0.15, 0.2) is 22.7 Å². The van der Waals surface area contributed by atoms with E-state index in [9.17, 15) is 9.59 Å². The first-order valence-corrected chi connectivity index (χ1v) is 9.38. The average Bonchev–Trinajstić information content (AvgIpc) is 2.53. The van der Waals surface area contributed by atoms with Crippen LogP contribution in [0.4, 0.5) is 0 Å². The van der Waals surface area contributed by atoms with Gasteiger partial charge < -0.3 is 10.2 Å². The van der Waals surface area contributed by atoms with Crippen LogP contribution in [0.2, 0.25) is 5.02 Å². The molecule has 1 atom stereocenters. The molecule has 0 spiro atoms. The van der Waals surface area contributed by atoms with E-state index in [1.807, 2.05) is 25.7 Å². The molecule has 132 valence electrons. The fourth-order valence-corrected chi connectivity index (χ4v) is 3.34. The minimum atomic E-state index is -0.393. The quantitative estimate of drug-likeness (QED) is 0.807. The molecule has 1 heterocycles. The number of piperidine rings is 1. The van der Waals surface area contributed by atoms with Crippen LogP contribution in [-0.2, 0) is 4.79 Å². The Morgan fingerprint density at radius 1 is 1.38 bits per heavy atom. The number of carbonyl (C=O) groups is 2. The molecular formula is C18H24BrClN2O2. The van der Waals surface area contributed by atoms with Crippen LogP contribution in [0.5, 0.6) is 0 Å². The number of amides is 2. The van der Waals surface area contributed by atoms with Crippen molar-refractivity contribution in [3.63, 3.8) is 0 Å². The lowest BCUT2D eigenvalue weighted by Crippen LogP contribution is -2.45. The molecule has 1 fully saturated rings. The van der Waals surface area contributed by atoms with E-state index in [0.29, 0.717) is 23.7 Å². The van der Waals surface area contributed by atoms with Gasteiger partial charge in [-0.25, -0.2) is 0 Å². The monoisotopic (exact) mass is 414 g/mol. The van der Waals surface area contributed by atoms with Gasteiger partial charge in [0.1, 0.15) is 0 Å². The molecule has 1 saturated heterocycles. The third-order valence-corrected chi connectivity index (χ3v) is 5.12. The van der Waals surface area contributed by atoms with Crippen molar-refractivity contribution < 1.29 is 9.59 Å². The molecule has 1 aromatic rings. The lowest BCUT2D eigenvalue weighted by atomic mass is 9.94. The Morgan fingerprint density at radius 2 is 2.08 bits per heavy atom. The van der Waals surface area contributed by atoms with Gasteiger partial charge in [0.2, 0.25) is 5.91 Å². The summed E-state index contributed by atoms with van der Waals surface area (Å²) in [4.78, 5) is 26.6. The molecule has 0 saturated carbocycles. The number of benzene rings is 1. The van der Waals surface area contributed by atoms with Crippen LogP contribution in [0.25, 0.3) is 0 Å². The number of halogens is 2. The van der Waals surface area contributed by atoms with Gasteiger partial charge in [0.15, 0.2) is 0 Å². The Labute approximate surface area is 157 Å². The fourth-order valence-electron chi connectivity index (χ4n) is 2.75. The van der Waals surface area contributed by atoms with Crippen molar-refractivity contribution in [1.82, 2.24) is 10.2 Å². The Bertz CT molecular complexity index is 628. The first kappa shape index (κ1) is 19.3. The number of likely N-dealkylation sites (tertiary alicyclic amines) is 1. The SMILES string of the molecule is CC(C)(C)C(=O)NCC1CCCN(C(=O)c2cc(Cl)ccc2Br)C1. The highest BCUT2D eigenvalue weighted by Crippen LogP contribution is 2.25. The molecule has 4 nitrogen and oxygen atoms in total. The summed E-state index contributed by atoms with van der Waals surface area (Å²) < 4.78 is 0.750. The molecule has 1 N–H and O–H groups in total. The molecular weight excluding hydrogens is 392 g/mol. The maximum absolute atomic E-state index is 12.8. The zero-order valence-corrected chi connectivity index (χ0v) is 16.7. The summed E-state index contributed by atoms with van der Waals surface area (Å²) in [6.45, 7) is 7.70. The largest absolute Gasteiger partial charge is 0.355 e. The highest BCUT2D eigenvalue weighted by molar-refractivity contribution is 9.10. The van der Waals surface area contributed by atoms with Gasteiger partial charge >= 0.3 is 0 Å². The molecule has 0 aromatic heterocycles. The second kappa shape index (κ2) is 7.87. The number of carbonyl (C=O) groups excluding carboxylic acids is 2. The van der Waals surface area contributed by atoms with Crippen LogP contribution in [0.3, 0.4) is 0 Å². The Kier molecular flexibility index (Phi) is 6.32. The highest BCUT2D eigenvalue weighted by Gasteiger charge is 2.27. The highest BCUT2D eigenvalue weighted by atomic mass is 79.9. The van der Waals surface area contributed by atoms with E-state index in [1.165, 1.54) is 0 Å². The summed E-state index contributed by atoms with van der Waals surface area (Å²) in [5.41, 5.74) is 0.192. The lowest BCUT2D eigenvalue weighted by molar-refractivity contribution is -0.128. The minimum absolute atomic E-state index is 0.0174. The third kappa shape index (κ3) is 4.96. The van der Waals surface area contributed by atoms with E-state index in [-0.39, 0.29) is 17.7 Å². The molecule has 1 aliphatic rings. The zero-order valence-electron chi connectivity index (χ0n) is 14.4. The Hall–Kier alpha value is -1.07. The van der Waals surface area contributed by atoms with Gasteiger partial charge in [0, 0.05) is 34.5 Å². The normalized spacial score (nSPS) is 18.4. The second-order valence-electron chi connectivity index (χ2n) is 7.34. The summed E-state index contributed by atoms with van der Waals surface area (Å²) in [5, 5.41) is 3.55. The number of hydrogen-bond acceptors (Lipinski definition) is 2. The first-order valence-electron chi connectivity index (χ1n) is 8.21. The summed E-state index contributed by atoms with van der Waals surface area (Å²) in [7, 11) is 0. The second-order valence-corrected chi connectivity index (χ2v) is 8.63. The smallest absolute Gasteiger partial charge is 0.255 e. The van der Waals surface area contributed by atoms with Crippen molar-refractivity contribution in [3.8, 4) is 0 Å². The van der Waals surface area contributed by atoms with Crippen LogP contribution in [0.1, 0.15) is 44.0 Å². The van der Waals surface area contributed by atoms with Gasteiger partial charge in [-0.3, -0.25) is 9.59 Å². The van der Waals surface area contributed by atoms with Gasteiger partial charge in [-0.15, -0.1) is 0 Å². The van der Waals surface area contributed by atoms with Crippen molar-refractivity contribution in [1.29, 1.82) is 0 Å². The minimum Gasteiger partial charge on any atom is -0.355 e. The Morgan fingerprint density at radius 3 is 2.75 bits per heavy atom. The van der Waals surface area contributed by atoms with Gasteiger partial charge in [0.25, 0.3) is 5.91 Å². The summed E-state index contributed by atoms with van der Waals surface area (Å²) in [6.07, 6.45) is 1.96. The van der Waals surface area contributed by atoms with Gasteiger partial charge in [-0.1, -0.05) is 32.4 Å². The third-order valence-electron chi connectivity index (χ3n) is 4.20.